The minimum Gasteiger partial charge on any atom is -0.402 e. The number of piperidine rings is 1. The molecule has 0 amide bonds. The van der Waals surface area contributed by atoms with Gasteiger partial charge >= 0.3 is 6.36 Å². The monoisotopic (exact) mass is 437 g/mol. The molecule has 1 saturated carbocycles. The molecule has 2 aliphatic heterocycles. The number of hydrogen-bond donors (Lipinski definition) is 2. The number of hydrogen-bond acceptors (Lipinski definition) is 7. The number of anilines is 1. The van der Waals surface area contributed by atoms with Gasteiger partial charge in [-0.25, -0.2) is 9.99 Å². The molecule has 2 aromatic rings. The number of nitrogens with two attached hydrogens (primary N) is 2. The molecule has 1 aliphatic carbocycles. The molecule has 3 aliphatic rings. The van der Waals surface area contributed by atoms with E-state index >= 15 is 0 Å². The van der Waals surface area contributed by atoms with E-state index in [1.165, 1.54) is 12.3 Å². The van der Waals surface area contributed by atoms with E-state index in [2.05, 4.69) is 19.7 Å². The van der Waals surface area contributed by atoms with Gasteiger partial charge in [-0.2, -0.15) is 5.10 Å². The molecule has 2 aromatic heterocycles. The lowest BCUT2D eigenvalue weighted by Crippen LogP contribution is -2.61. The van der Waals surface area contributed by atoms with Crippen molar-refractivity contribution in [2.45, 2.75) is 38.2 Å². The first kappa shape index (κ1) is 20.5. The topological polar surface area (TPSA) is 98.5 Å². The van der Waals surface area contributed by atoms with Crippen molar-refractivity contribution in [1.29, 1.82) is 0 Å². The number of rotatable bonds is 5. The summed E-state index contributed by atoms with van der Waals surface area (Å²) in [4.78, 5) is 6.40. The molecule has 5 rings (SSSR count). The Morgan fingerprint density at radius 2 is 1.81 bits per heavy atom. The summed E-state index contributed by atoms with van der Waals surface area (Å²) in [7, 11) is 0. The number of pyridine rings is 1. The van der Waals surface area contributed by atoms with Gasteiger partial charge in [-0.3, -0.25) is 15.4 Å². The average Bonchev–Trinajstić information content (AvgIpc) is 3.03. The molecular weight excluding hydrogens is 411 g/mol. The molecule has 0 bridgehead atoms. The van der Waals surface area contributed by atoms with Gasteiger partial charge in [0.25, 0.3) is 0 Å². The van der Waals surface area contributed by atoms with Crippen LogP contribution in [0.25, 0.3) is 11.3 Å². The Balaban J connectivity index is 1.37. The van der Waals surface area contributed by atoms with E-state index in [0.29, 0.717) is 35.1 Å². The number of halogens is 3. The van der Waals surface area contributed by atoms with Gasteiger partial charge in [0.05, 0.1) is 5.69 Å². The normalized spacial score (nSPS) is 26.9. The predicted octanol–water partition coefficient (Wildman–Crippen LogP) is 2.21. The molecule has 2 atom stereocenters. The van der Waals surface area contributed by atoms with Crippen molar-refractivity contribution in [1.82, 2.24) is 24.7 Å². The van der Waals surface area contributed by atoms with Gasteiger partial charge in [0.15, 0.2) is 11.6 Å². The van der Waals surface area contributed by atoms with Crippen molar-refractivity contribution in [3.8, 4) is 17.0 Å². The minimum absolute atomic E-state index is 0.131. The van der Waals surface area contributed by atoms with Gasteiger partial charge in [0.1, 0.15) is 0 Å². The molecule has 8 nitrogen and oxygen atoms in total. The first-order valence-corrected chi connectivity index (χ1v) is 10.5. The number of alkyl halides is 3. The first-order chi connectivity index (χ1) is 14.6. The number of hydrazine groups is 1. The minimum atomic E-state index is -4.84. The van der Waals surface area contributed by atoms with Gasteiger partial charge < -0.3 is 10.5 Å². The van der Waals surface area contributed by atoms with Gasteiger partial charge in [0, 0.05) is 61.6 Å². The predicted molar refractivity (Wildman–Crippen MR) is 108 cm³/mol. The highest BCUT2D eigenvalue weighted by Crippen LogP contribution is 2.59. The van der Waals surface area contributed by atoms with Crippen molar-refractivity contribution in [3.05, 3.63) is 24.0 Å². The number of likely N-dealkylation sites (tertiary alicyclic amines) is 1. The Morgan fingerprint density at radius 3 is 2.39 bits per heavy atom. The van der Waals surface area contributed by atoms with Gasteiger partial charge in [-0.15, -0.1) is 13.2 Å². The van der Waals surface area contributed by atoms with Gasteiger partial charge in [-0.1, -0.05) is 0 Å². The van der Waals surface area contributed by atoms with Gasteiger partial charge in [-0.05, 0) is 37.8 Å². The van der Waals surface area contributed by atoms with Crippen molar-refractivity contribution in [2.75, 3.05) is 31.9 Å². The standard InChI is InChI=1S/C20H26F3N7O/c1-10(2)30-16(18-13-8-28(9-14(13)18)12-6-29(25)7-12)4-15(27-30)11-3-17(19(24)26-5-11)31-20(21,22)23/h3-5,10,12-14,18H,6-9,25H2,1-2H3,(H2,24,26). The third-order valence-corrected chi connectivity index (χ3v) is 6.63. The first-order valence-electron chi connectivity index (χ1n) is 10.5. The smallest absolute Gasteiger partial charge is 0.402 e. The number of nitrogens with zero attached hydrogens (tertiary/aromatic N) is 5. The van der Waals surface area contributed by atoms with E-state index < -0.39 is 12.1 Å². The maximum absolute atomic E-state index is 12.7. The zero-order chi connectivity index (χ0) is 22.1. The zero-order valence-corrected chi connectivity index (χ0v) is 17.4. The average molecular weight is 437 g/mol. The maximum Gasteiger partial charge on any atom is 0.573 e. The fourth-order valence-electron chi connectivity index (χ4n) is 5.03. The highest BCUT2D eigenvalue weighted by molar-refractivity contribution is 5.64. The molecular formula is C20H26F3N7O. The van der Waals surface area contributed by atoms with Crippen molar-refractivity contribution in [3.63, 3.8) is 0 Å². The summed E-state index contributed by atoms with van der Waals surface area (Å²) in [6.07, 6.45) is -3.41. The van der Waals surface area contributed by atoms with Crippen LogP contribution in [-0.4, -0.2) is 63.3 Å². The molecule has 2 saturated heterocycles. The lowest BCUT2D eigenvalue weighted by atomic mass is 10.1. The molecule has 168 valence electrons. The quantitative estimate of drug-likeness (QED) is 0.692. The van der Waals surface area contributed by atoms with Crippen LogP contribution < -0.4 is 16.3 Å². The van der Waals surface area contributed by atoms with Crippen LogP contribution in [0, 0.1) is 11.8 Å². The van der Waals surface area contributed by atoms with E-state index in [-0.39, 0.29) is 11.9 Å². The van der Waals surface area contributed by atoms with E-state index in [0.717, 1.165) is 31.9 Å². The summed E-state index contributed by atoms with van der Waals surface area (Å²) in [6.45, 7) is 8.05. The van der Waals surface area contributed by atoms with Crippen LogP contribution in [0.3, 0.4) is 0 Å². The van der Waals surface area contributed by atoms with Crippen molar-refractivity contribution < 1.29 is 17.9 Å². The molecule has 11 heteroatoms. The summed E-state index contributed by atoms with van der Waals surface area (Å²) in [5, 5.41) is 6.53. The Morgan fingerprint density at radius 1 is 1.13 bits per heavy atom. The summed E-state index contributed by atoms with van der Waals surface area (Å²) < 4.78 is 44.0. The van der Waals surface area contributed by atoms with Crippen molar-refractivity contribution in [2.24, 2.45) is 17.7 Å². The number of ether oxygens (including phenoxy) is 1. The second kappa shape index (κ2) is 7.07. The van der Waals surface area contributed by atoms with Crippen LogP contribution in [-0.2, 0) is 0 Å². The van der Waals surface area contributed by atoms with E-state index in [1.807, 2.05) is 29.6 Å². The fourth-order valence-corrected chi connectivity index (χ4v) is 5.03. The van der Waals surface area contributed by atoms with E-state index in [4.69, 9.17) is 11.6 Å². The number of nitrogen functional groups attached to an aromatic ring is 1. The number of aromatic nitrogens is 3. The second-order valence-electron chi connectivity index (χ2n) is 9.06. The van der Waals surface area contributed by atoms with Gasteiger partial charge in [0.2, 0.25) is 0 Å². The van der Waals surface area contributed by atoms with Crippen LogP contribution in [0.15, 0.2) is 18.3 Å². The van der Waals surface area contributed by atoms with E-state index in [9.17, 15) is 13.2 Å². The fraction of sp³-hybridized carbons (Fsp3) is 0.600. The van der Waals surface area contributed by atoms with Crippen LogP contribution >= 0.6 is 0 Å². The Labute approximate surface area is 177 Å². The van der Waals surface area contributed by atoms with Crippen LogP contribution in [0.5, 0.6) is 5.75 Å². The Kier molecular flexibility index (Phi) is 4.68. The summed E-state index contributed by atoms with van der Waals surface area (Å²) in [6, 6.07) is 3.91. The molecule has 3 fully saturated rings. The van der Waals surface area contributed by atoms with Crippen molar-refractivity contribution >= 4 is 5.82 Å². The Bertz CT molecular complexity index is 974. The zero-order valence-electron chi connectivity index (χ0n) is 17.4. The summed E-state index contributed by atoms with van der Waals surface area (Å²) in [5.74, 6) is 6.54. The Hall–Kier alpha value is -2.37. The molecule has 4 heterocycles. The molecule has 31 heavy (non-hydrogen) atoms. The molecule has 2 unspecified atom stereocenters. The van der Waals surface area contributed by atoms with E-state index in [1.54, 1.807) is 0 Å². The maximum atomic E-state index is 12.7. The van der Waals surface area contributed by atoms with Crippen LogP contribution in [0.4, 0.5) is 19.0 Å². The lowest BCUT2D eigenvalue weighted by molar-refractivity contribution is -0.274. The highest BCUT2D eigenvalue weighted by atomic mass is 19.4. The molecule has 4 N–H and O–H groups in total. The van der Waals surface area contributed by atoms with Crippen LogP contribution in [0.2, 0.25) is 0 Å². The summed E-state index contributed by atoms with van der Waals surface area (Å²) in [5.41, 5.74) is 7.71. The summed E-state index contributed by atoms with van der Waals surface area (Å²) >= 11 is 0. The SMILES string of the molecule is CC(C)n1nc(-c2cnc(N)c(OC(F)(F)F)c2)cc1C1C2CN(C3CN(N)C3)CC21. The largest absolute Gasteiger partial charge is 0.573 e. The third-order valence-electron chi connectivity index (χ3n) is 6.63. The molecule has 0 aromatic carbocycles. The molecule has 0 spiro atoms. The number of fused-ring (bicyclic) bond motifs is 1. The second-order valence-corrected chi connectivity index (χ2v) is 9.06. The lowest BCUT2D eigenvalue weighted by Gasteiger charge is -2.42. The molecule has 0 radical (unpaired) electrons. The highest BCUT2D eigenvalue weighted by Gasteiger charge is 2.59. The van der Waals surface area contributed by atoms with Crippen LogP contribution in [0.1, 0.15) is 31.5 Å². The third kappa shape index (κ3) is 3.74.